The number of rotatable bonds is 7. The number of nitrogens with zero attached hydrogens (tertiary/aromatic N) is 1. The number of amides is 2. The molecule has 138 valence electrons. The molecule has 3 N–H and O–H groups in total. The first-order valence-electron chi connectivity index (χ1n) is 8.14. The molecule has 0 aliphatic heterocycles. The van der Waals surface area contributed by atoms with Crippen molar-refractivity contribution < 1.29 is 19.5 Å². The van der Waals surface area contributed by atoms with E-state index in [1.807, 2.05) is 0 Å². The third kappa shape index (κ3) is 5.38. The molecule has 0 radical (unpaired) electrons. The zero-order valence-corrected chi connectivity index (χ0v) is 15.6. The highest BCUT2D eigenvalue weighted by molar-refractivity contribution is 7.13. The lowest BCUT2D eigenvalue weighted by Crippen LogP contribution is -2.18. The highest BCUT2D eigenvalue weighted by atomic mass is 32.1. The maximum atomic E-state index is 12.1. The van der Waals surface area contributed by atoms with Gasteiger partial charge in [-0.3, -0.25) is 14.4 Å². The molecule has 0 saturated carbocycles. The van der Waals surface area contributed by atoms with Crippen molar-refractivity contribution in [1.82, 2.24) is 4.98 Å². The maximum Gasteiger partial charge on any atom is 0.310 e. The summed E-state index contributed by atoms with van der Waals surface area (Å²) in [6.45, 7) is 5.19. The van der Waals surface area contributed by atoms with Crippen molar-refractivity contribution in [1.29, 1.82) is 0 Å². The maximum absolute atomic E-state index is 12.1. The Hall–Kier alpha value is -2.74. The van der Waals surface area contributed by atoms with E-state index < -0.39 is 11.9 Å². The number of hydrogen-bond acceptors (Lipinski definition) is 5. The summed E-state index contributed by atoms with van der Waals surface area (Å²) in [7, 11) is 0. The van der Waals surface area contributed by atoms with Crippen LogP contribution in [0.5, 0.6) is 0 Å². The predicted molar refractivity (Wildman–Crippen MR) is 100 cm³/mol. The molecule has 0 bridgehead atoms. The van der Waals surface area contributed by atoms with Crippen LogP contribution >= 0.6 is 11.3 Å². The van der Waals surface area contributed by atoms with Gasteiger partial charge in [0.15, 0.2) is 5.13 Å². The van der Waals surface area contributed by atoms with Gasteiger partial charge in [-0.1, -0.05) is 26.0 Å². The fourth-order valence-corrected chi connectivity index (χ4v) is 2.78. The number of hydrogen-bond donors (Lipinski definition) is 3. The minimum Gasteiger partial charge on any atom is -0.481 e. The van der Waals surface area contributed by atoms with Crippen LogP contribution in [-0.2, 0) is 20.8 Å². The molecule has 1 heterocycles. The van der Waals surface area contributed by atoms with E-state index in [0.29, 0.717) is 22.1 Å². The van der Waals surface area contributed by atoms with Gasteiger partial charge in [-0.15, -0.1) is 11.3 Å². The van der Waals surface area contributed by atoms with Crippen LogP contribution in [0.3, 0.4) is 0 Å². The number of anilines is 2. The standard InChI is InChI=1S/C18H21N3O4S/c1-10(2)16(23)21-18-20-14(9-26-18)8-15(22)19-13-6-4-12(5-7-13)11(3)17(24)25/h4-7,9-11H,8H2,1-3H3,(H,19,22)(H,24,25)(H,20,21,23). The summed E-state index contributed by atoms with van der Waals surface area (Å²) in [4.78, 5) is 39.0. The molecule has 0 spiro atoms. The lowest BCUT2D eigenvalue weighted by Gasteiger charge is -2.08. The van der Waals surface area contributed by atoms with Gasteiger partial charge in [-0.05, 0) is 24.6 Å². The van der Waals surface area contributed by atoms with Gasteiger partial charge in [0.05, 0.1) is 18.0 Å². The number of carbonyl (C=O) groups excluding carboxylic acids is 2. The minimum absolute atomic E-state index is 0.0847. The molecule has 2 rings (SSSR count). The first-order chi connectivity index (χ1) is 12.3. The predicted octanol–water partition coefficient (Wildman–Crippen LogP) is 3.11. The SMILES string of the molecule is CC(C)C(=O)Nc1nc(CC(=O)Nc2ccc(C(C)C(=O)O)cc2)cs1. The van der Waals surface area contributed by atoms with Crippen LogP contribution in [0.15, 0.2) is 29.6 Å². The van der Waals surface area contributed by atoms with Gasteiger partial charge in [0.2, 0.25) is 11.8 Å². The van der Waals surface area contributed by atoms with Crippen molar-refractivity contribution >= 4 is 39.9 Å². The van der Waals surface area contributed by atoms with E-state index in [1.165, 1.54) is 11.3 Å². The van der Waals surface area contributed by atoms with Crippen LogP contribution in [0.25, 0.3) is 0 Å². The zero-order valence-electron chi connectivity index (χ0n) is 14.8. The number of nitrogens with one attached hydrogen (secondary N) is 2. The number of thiazole rings is 1. The molecule has 1 atom stereocenters. The van der Waals surface area contributed by atoms with Crippen molar-refractivity contribution in [2.75, 3.05) is 10.6 Å². The number of aliphatic carboxylic acids is 1. The van der Waals surface area contributed by atoms with Gasteiger partial charge in [0.1, 0.15) is 0 Å². The molecule has 26 heavy (non-hydrogen) atoms. The molecule has 0 fully saturated rings. The fourth-order valence-electron chi connectivity index (χ4n) is 2.06. The third-order valence-electron chi connectivity index (χ3n) is 3.71. The van der Waals surface area contributed by atoms with Crippen LogP contribution in [0, 0.1) is 5.92 Å². The summed E-state index contributed by atoms with van der Waals surface area (Å²) < 4.78 is 0. The third-order valence-corrected chi connectivity index (χ3v) is 4.52. The number of carbonyl (C=O) groups is 3. The molecule has 2 aromatic rings. The average Bonchev–Trinajstić information content (AvgIpc) is 3.01. The molecular weight excluding hydrogens is 354 g/mol. The van der Waals surface area contributed by atoms with Gasteiger partial charge < -0.3 is 15.7 Å². The molecule has 0 aliphatic carbocycles. The van der Waals surface area contributed by atoms with Crippen molar-refractivity contribution in [3.63, 3.8) is 0 Å². The van der Waals surface area contributed by atoms with Gasteiger partial charge in [-0.2, -0.15) is 0 Å². The second-order valence-electron chi connectivity index (χ2n) is 6.19. The van der Waals surface area contributed by atoms with E-state index in [9.17, 15) is 14.4 Å². The van der Waals surface area contributed by atoms with Gasteiger partial charge in [-0.25, -0.2) is 4.98 Å². The summed E-state index contributed by atoms with van der Waals surface area (Å²) in [5.74, 6) is -2.00. The number of aromatic nitrogens is 1. The summed E-state index contributed by atoms with van der Waals surface area (Å²) in [5.41, 5.74) is 1.82. The molecule has 7 nitrogen and oxygen atoms in total. The Bertz CT molecular complexity index is 799. The van der Waals surface area contributed by atoms with Crippen LogP contribution in [0.1, 0.15) is 37.9 Å². The van der Waals surface area contributed by atoms with E-state index in [4.69, 9.17) is 5.11 Å². The van der Waals surface area contributed by atoms with Crippen molar-refractivity contribution in [3.05, 3.63) is 40.9 Å². The summed E-state index contributed by atoms with van der Waals surface area (Å²) in [6.07, 6.45) is 0.0847. The Morgan fingerprint density at radius 3 is 2.35 bits per heavy atom. The van der Waals surface area contributed by atoms with Gasteiger partial charge >= 0.3 is 5.97 Å². The Morgan fingerprint density at radius 2 is 1.77 bits per heavy atom. The largest absolute Gasteiger partial charge is 0.481 e. The molecule has 8 heteroatoms. The normalized spacial score (nSPS) is 11.8. The average molecular weight is 375 g/mol. The Balaban J connectivity index is 1.92. The van der Waals surface area contributed by atoms with Crippen LogP contribution in [-0.4, -0.2) is 27.9 Å². The smallest absolute Gasteiger partial charge is 0.310 e. The molecule has 1 aromatic heterocycles. The second-order valence-corrected chi connectivity index (χ2v) is 7.05. The van der Waals surface area contributed by atoms with Crippen molar-refractivity contribution in [2.45, 2.75) is 33.1 Å². The van der Waals surface area contributed by atoms with Crippen LogP contribution < -0.4 is 10.6 Å². The van der Waals surface area contributed by atoms with Gasteiger partial charge in [0, 0.05) is 17.0 Å². The van der Waals surface area contributed by atoms with E-state index in [2.05, 4.69) is 15.6 Å². The summed E-state index contributed by atoms with van der Waals surface area (Å²) in [6, 6.07) is 6.69. The highest BCUT2D eigenvalue weighted by Gasteiger charge is 2.14. The van der Waals surface area contributed by atoms with Crippen LogP contribution in [0.2, 0.25) is 0 Å². The second kappa shape index (κ2) is 8.57. The Kier molecular flexibility index (Phi) is 6.46. The van der Waals surface area contributed by atoms with Gasteiger partial charge in [0.25, 0.3) is 0 Å². The number of carboxylic acids is 1. The zero-order chi connectivity index (χ0) is 19.3. The topological polar surface area (TPSA) is 108 Å². The Morgan fingerprint density at radius 1 is 1.12 bits per heavy atom. The Labute approximate surface area is 155 Å². The first kappa shape index (κ1) is 19.6. The summed E-state index contributed by atoms with van der Waals surface area (Å²) in [5, 5.41) is 16.6. The lowest BCUT2D eigenvalue weighted by molar-refractivity contribution is -0.138. The molecule has 1 aromatic carbocycles. The summed E-state index contributed by atoms with van der Waals surface area (Å²) >= 11 is 1.27. The van der Waals surface area contributed by atoms with E-state index in [0.717, 1.165) is 0 Å². The fraction of sp³-hybridized carbons (Fsp3) is 0.333. The lowest BCUT2D eigenvalue weighted by atomic mass is 10.0. The van der Waals surface area contributed by atoms with E-state index in [1.54, 1.807) is 50.4 Å². The molecule has 2 amide bonds. The van der Waals surface area contributed by atoms with Crippen molar-refractivity contribution in [3.8, 4) is 0 Å². The van der Waals surface area contributed by atoms with Crippen molar-refractivity contribution in [2.24, 2.45) is 5.92 Å². The first-order valence-corrected chi connectivity index (χ1v) is 9.02. The highest BCUT2D eigenvalue weighted by Crippen LogP contribution is 2.19. The number of carboxylic acid groups (broad SMARTS) is 1. The molecule has 0 saturated heterocycles. The quantitative estimate of drug-likeness (QED) is 0.689. The van der Waals surface area contributed by atoms with E-state index >= 15 is 0 Å². The molecular formula is C18H21N3O4S. The molecule has 0 aliphatic rings. The van der Waals surface area contributed by atoms with Crippen LogP contribution in [0.4, 0.5) is 10.8 Å². The molecule has 1 unspecified atom stereocenters. The van der Waals surface area contributed by atoms with E-state index in [-0.39, 0.29) is 24.2 Å². The monoisotopic (exact) mass is 375 g/mol. The number of benzene rings is 1. The minimum atomic E-state index is -0.898.